The van der Waals surface area contributed by atoms with E-state index >= 15 is 0 Å². The minimum Gasteiger partial charge on any atom is -0.372 e. The van der Waals surface area contributed by atoms with Gasteiger partial charge >= 0.3 is 0 Å². The van der Waals surface area contributed by atoms with E-state index in [-0.39, 0.29) is 5.56 Å². The topological polar surface area (TPSA) is 50.2 Å². The highest BCUT2D eigenvalue weighted by Crippen LogP contribution is 2.22. The highest BCUT2D eigenvalue weighted by atomic mass is 35.5. The molecule has 1 fully saturated rings. The lowest BCUT2D eigenvalue weighted by Gasteiger charge is -2.16. The quantitative estimate of drug-likeness (QED) is 0.646. The van der Waals surface area contributed by atoms with Gasteiger partial charge in [-0.1, -0.05) is 29.3 Å². The number of aryl methyl sites for hydroxylation is 2. The van der Waals surface area contributed by atoms with Gasteiger partial charge in [-0.2, -0.15) is 0 Å². The number of fused-ring (bicyclic) bond motifs is 1. The normalized spacial score (nSPS) is 14.6. The number of aromatic nitrogens is 2. The van der Waals surface area contributed by atoms with Crippen LogP contribution in [-0.2, 0) is 13.0 Å². The number of nitrogens with one attached hydrogen (secondary N) is 1. The van der Waals surface area contributed by atoms with E-state index < -0.39 is 0 Å². The first-order valence-electron chi connectivity index (χ1n) is 9.49. The molecule has 4 rings (SSSR count). The van der Waals surface area contributed by atoms with Crippen molar-refractivity contribution in [3.8, 4) is 0 Å². The number of anilines is 1. The second kappa shape index (κ2) is 8.52. The largest absolute Gasteiger partial charge is 0.372 e. The summed E-state index contributed by atoms with van der Waals surface area (Å²) in [6.45, 7) is 3.62. The zero-order valence-electron chi connectivity index (χ0n) is 15.5. The van der Waals surface area contributed by atoms with Crippen molar-refractivity contribution in [2.45, 2.75) is 25.8 Å². The van der Waals surface area contributed by atoms with Crippen LogP contribution in [0.25, 0.3) is 10.9 Å². The predicted octanol–water partition coefficient (Wildman–Crippen LogP) is 4.41. The van der Waals surface area contributed by atoms with Crippen LogP contribution in [0.4, 0.5) is 5.69 Å². The molecule has 0 saturated carbocycles. The predicted molar refractivity (Wildman–Crippen MR) is 115 cm³/mol. The van der Waals surface area contributed by atoms with E-state index in [2.05, 4.69) is 15.2 Å². The Labute approximate surface area is 173 Å². The molecule has 5 nitrogen and oxygen atoms in total. The monoisotopic (exact) mass is 416 g/mol. The van der Waals surface area contributed by atoms with Crippen LogP contribution >= 0.6 is 23.2 Å². The molecular weight excluding hydrogens is 395 g/mol. The van der Waals surface area contributed by atoms with Gasteiger partial charge in [0.25, 0.3) is 5.56 Å². The van der Waals surface area contributed by atoms with Crippen molar-refractivity contribution >= 4 is 39.8 Å². The number of rotatable bonds is 6. The third-order valence-electron chi connectivity index (χ3n) is 5.17. The third-order valence-corrected chi connectivity index (χ3v) is 5.75. The SMILES string of the molecule is O=c1c2ccc(NCN3CCCC3)cc2ncn1CCc1ccc(Cl)cc1Cl. The number of hydrogen-bond donors (Lipinski definition) is 1. The van der Waals surface area contributed by atoms with Crippen molar-refractivity contribution in [1.82, 2.24) is 14.5 Å². The molecule has 1 saturated heterocycles. The van der Waals surface area contributed by atoms with Gasteiger partial charge in [0.2, 0.25) is 0 Å². The number of likely N-dealkylation sites (tertiary alicyclic amines) is 1. The Morgan fingerprint density at radius 2 is 1.89 bits per heavy atom. The molecule has 0 aliphatic carbocycles. The van der Waals surface area contributed by atoms with Crippen molar-refractivity contribution in [1.29, 1.82) is 0 Å². The van der Waals surface area contributed by atoms with E-state index in [0.29, 0.717) is 33.9 Å². The Hall–Kier alpha value is -2.08. The van der Waals surface area contributed by atoms with Crippen molar-refractivity contribution in [3.63, 3.8) is 0 Å². The molecule has 1 N–H and O–H groups in total. The van der Waals surface area contributed by atoms with Gasteiger partial charge in [-0.25, -0.2) is 4.98 Å². The molecule has 0 atom stereocenters. The fourth-order valence-electron chi connectivity index (χ4n) is 3.54. The molecule has 0 radical (unpaired) electrons. The van der Waals surface area contributed by atoms with Crippen LogP contribution in [0, 0.1) is 0 Å². The molecule has 2 aromatic carbocycles. The summed E-state index contributed by atoms with van der Waals surface area (Å²) in [5, 5.41) is 5.26. The lowest BCUT2D eigenvalue weighted by molar-refractivity contribution is 0.364. The van der Waals surface area contributed by atoms with Crippen LogP contribution < -0.4 is 10.9 Å². The summed E-state index contributed by atoms with van der Waals surface area (Å²) in [4.78, 5) is 19.7. The van der Waals surface area contributed by atoms with E-state index in [4.69, 9.17) is 23.2 Å². The van der Waals surface area contributed by atoms with Gasteiger partial charge in [0.05, 0.1) is 23.9 Å². The van der Waals surface area contributed by atoms with Crippen molar-refractivity contribution < 1.29 is 0 Å². The van der Waals surface area contributed by atoms with Gasteiger partial charge in [0.15, 0.2) is 0 Å². The van der Waals surface area contributed by atoms with Crippen LogP contribution in [0.5, 0.6) is 0 Å². The van der Waals surface area contributed by atoms with Gasteiger partial charge < -0.3 is 5.32 Å². The van der Waals surface area contributed by atoms with Crippen molar-refractivity contribution in [2.75, 3.05) is 25.1 Å². The molecule has 146 valence electrons. The molecule has 0 spiro atoms. The first kappa shape index (κ1) is 19.2. The summed E-state index contributed by atoms with van der Waals surface area (Å²) in [6, 6.07) is 11.2. The van der Waals surface area contributed by atoms with E-state index in [0.717, 1.165) is 31.0 Å². The van der Waals surface area contributed by atoms with Crippen LogP contribution in [0.3, 0.4) is 0 Å². The zero-order chi connectivity index (χ0) is 19.5. The minimum atomic E-state index is -0.0406. The van der Waals surface area contributed by atoms with Gasteiger partial charge in [-0.3, -0.25) is 14.3 Å². The number of benzene rings is 2. The Morgan fingerprint density at radius 1 is 1.07 bits per heavy atom. The van der Waals surface area contributed by atoms with Crippen molar-refractivity contribution in [2.24, 2.45) is 0 Å². The fourth-order valence-corrected chi connectivity index (χ4v) is 4.04. The lowest BCUT2D eigenvalue weighted by Crippen LogP contribution is -2.26. The molecule has 7 heteroatoms. The second-order valence-electron chi connectivity index (χ2n) is 7.12. The Kier molecular flexibility index (Phi) is 5.85. The molecule has 0 unspecified atom stereocenters. The van der Waals surface area contributed by atoms with Crippen LogP contribution in [0.2, 0.25) is 10.0 Å². The van der Waals surface area contributed by atoms with Gasteiger partial charge in [-0.05, 0) is 68.2 Å². The fraction of sp³-hybridized carbons (Fsp3) is 0.333. The van der Waals surface area contributed by atoms with E-state index in [1.54, 1.807) is 23.0 Å². The van der Waals surface area contributed by atoms with Crippen molar-refractivity contribution in [3.05, 3.63) is 68.7 Å². The third kappa shape index (κ3) is 4.32. The molecule has 1 aliphatic rings. The summed E-state index contributed by atoms with van der Waals surface area (Å²) in [5.41, 5.74) is 2.61. The lowest BCUT2D eigenvalue weighted by atomic mass is 10.1. The second-order valence-corrected chi connectivity index (χ2v) is 7.96. The number of nitrogens with zero attached hydrogens (tertiary/aromatic N) is 3. The molecule has 1 aromatic heterocycles. The first-order chi connectivity index (χ1) is 13.6. The zero-order valence-corrected chi connectivity index (χ0v) is 17.0. The van der Waals surface area contributed by atoms with Gasteiger partial charge in [0, 0.05) is 22.3 Å². The summed E-state index contributed by atoms with van der Waals surface area (Å²) in [6.07, 6.45) is 4.78. The maximum absolute atomic E-state index is 12.8. The Balaban J connectivity index is 1.48. The first-order valence-corrected chi connectivity index (χ1v) is 10.2. The molecule has 0 bridgehead atoms. The molecule has 28 heavy (non-hydrogen) atoms. The van der Waals surface area contributed by atoms with Crippen LogP contribution in [0.15, 0.2) is 47.5 Å². The maximum Gasteiger partial charge on any atom is 0.261 e. The summed E-state index contributed by atoms with van der Waals surface area (Å²) < 4.78 is 1.63. The average molecular weight is 417 g/mol. The number of hydrogen-bond acceptors (Lipinski definition) is 4. The van der Waals surface area contributed by atoms with Gasteiger partial charge in [0.1, 0.15) is 0 Å². The summed E-state index contributed by atoms with van der Waals surface area (Å²) in [5.74, 6) is 0. The van der Waals surface area contributed by atoms with Gasteiger partial charge in [-0.15, -0.1) is 0 Å². The maximum atomic E-state index is 12.8. The molecular formula is C21H22Cl2N4O. The molecule has 0 amide bonds. The average Bonchev–Trinajstić information content (AvgIpc) is 3.21. The Bertz CT molecular complexity index is 1040. The van der Waals surface area contributed by atoms with E-state index in [1.165, 1.54) is 12.8 Å². The highest BCUT2D eigenvalue weighted by molar-refractivity contribution is 6.35. The summed E-state index contributed by atoms with van der Waals surface area (Å²) >= 11 is 12.2. The molecule has 3 aromatic rings. The molecule has 1 aliphatic heterocycles. The minimum absolute atomic E-state index is 0.0406. The van der Waals surface area contributed by atoms with E-state index in [1.807, 2.05) is 24.3 Å². The van der Waals surface area contributed by atoms with E-state index in [9.17, 15) is 4.79 Å². The smallest absolute Gasteiger partial charge is 0.261 e. The Morgan fingerprint density at radius 3 is 2.68 bits per heavy atom. The standard InChI is InChI=1S/C21H22Cl2N4O/c22-16-4-3-15(19(23)11-16)7-10-27-14-25-20-12-17(5-6-18(20)21(27)28)24-13-26-8-1-2-9-26/h3-6,11-12,14,24H,1-2,7-10,13H2. The summed E-state index contributed by atoms with van der Waals surface area (Å²) in [7, 11) is 0. The van der Waals surface area contributed by atoms with Crippen LogP contribution in [0.1, 0.15) is 18.4 Å². The number of halogens is 2. The molecule has 2 heterocycles. The highest BCUT2D eigenvalue weighted by Gasteiger charge is 2.11. The van der Waals surface area contributed by atoms with Crippen LogP contribution in [-0.4, -0.2) is 34.2 Å².